The molecule has 0 aliphatic carbocycles. The number of hydrogen-bond acceptors (Lipinski definition) is 6. The van der Waals surface area contributed by atoms with Gasteiger partial charge in [0.05, 0.1) is 18.4 Å². The first-order chi connectivity index (χ1) is 14.1. The van der Waals surface area contributed by atoms with E-state index in [2.05, 4.69) is 30.8 Å². The van der Waals surface area contributed by atoms with E-state index >= 15 is 0 Å². The second-order valence-corrected chi connectivity index (χ2v) is 6.76. The average Bonchev–Trinajstić information content (AvgIpc) is 3.38. The highest BCUT2D eigenvalue weighted by Gasteiger charge is 2.28. The van der Waals surface area contributed by atoms with Crippen molar-refractivity contribution >= 4 is 23.3 Å². The minimum Gasteiger partial charge on any atom is -0.349 e. The molecule has 2 amide bonds. The van der Waals surface area contributed by atoms with Gasteiger partial charge in [-0.1, -0.05) is 6.92 Å². The molecule has 1 aliphatic rings. The molecule has 1 atom stereocenters. The number of hydrogen-bond donors (Lipinski definition) is 2. The first-order valence-electron chi connectivity index (χ1n) is 9.37. The van der Waals surface area contributed by atoms with Gasteiger partial charge in [0.2, 0.25) is 5.91 Å². The highest BCUT2D eigenvalue weighted by Crippen LogP contribution is 2.35. The lowest BCUT2D eigenvalue weighted by molar-refractivity contribution is -0.121. The van der Waals surface area contributed by atoms with Gasteiger partial charge in [-0.15, -0.1) is 0 Å². The molecule has 1 unspecified atom stereocenters. The number of pyridine rings is 1. The lowest BCUT2D eigenvalue weighted by Gasteiger charge is -2.26. The molecule has 0 spiro atoms. The highest BCUT2D eigenvalue weighted by atomic mass is 19.1. The normalized spacial score (nSPS) is 16.2. The zero-order valence-electron chi connectivity index (χ0n) is 15.8. The Morgan fingerprint density at radius 2 is 2.14 bits per heavy atom. The summed E-state index contributed by atoms with van der Waals surface area (Å²) in [5.41, 5.74) is 6.10. The summed E-state index contributed by atoms with van der Waals surface area (Å²) in [5, 5.41) is 4.15. The molecule has 150 valence electrons. The third kappa shape index (κ3) is 3.73. The Balaban J connectivity index is 1.63. The molecule has 3 aromatic heterocycles. The van der Waals surface area contributed by atoms with E-state index in [0.717, 1.165) is 24.9 Å². The van der Waals surface area contributed by atoms with Gasteiger partial charge in [-0.3, -0.25) is 25.4 Å². The number of nitrogens with zero attached hydrogens (tertiary/aromatic N) is 5. The Hall–Kier alpha value is -3.56. The molecular formula is C19H20FN7O2. The van der Waals surface area contributed by atoms with E-state index in [1.807, 2.05) is 6.07 Å². The molecule has 9 nitrogen and oxygen atoms in total. The quantitative estimate of drug-likeness (QED) is 0.651. The van der Waals surface area contributed by atoms with E-state index in [1.54, 1.807) is 19.3 Å². The summed E-state index contributed by atoms with van der Waals surface area (Å²) in [7, 11) is 0. The summed E-state index contributed by atoms with van der Waals surface area (Å²) >= 11 is 0. The van der Waals surface area contributed by atoms with Crippen molar-refractivity contribution in [3.8, 4) is 0 Å². The van der Waals surface area contributed by atoms with Gasteiger partial charge in [0, 0.05) is 25.4 Å². The Bertz CT molecular complexity index is 1070. The van der Waals surface area contributed by atoms with Crippen LogP contribution < -0.4 is 15.8 Å². The minimum atomic E-state index is -0.501. The van der Waals surface area contributed by atoms with E-state index in [1.165, 1.54) is 23.0 Å². The molecule has 10 heteroatoms. The maximum atomic E-state index is 13.6. The number of halogens is 1. The average molecular weight is 397 g/mol. The third-order valence-electron chi connectivity index (χ3n) is 4.89. The molecule has 1 saturated heterocycles. The summed E-state index contributed by atoms with van der Waals surface area (Å²) < 4.78 is 15.1. The van der Waals surface area contributed by atoms with E-state index in [4.69, 9.17) is 0 Å². The smallest absolute Gasteiger partial charge is 0.275 e. The molecule has 2 N–H and O–H groups in total. The zero-order valence-corrected chi connectivity index (χ0v) is 15.8. The predicted molar refractivity (Wildman–Crippen MR) is 102 cm³/mol. The standard InChI is InChI=1S/C19H20FN7O2/c1-2-17(28)24-25-19(29)14-11-22-27-7-5-16(23-18(14)27)26-6-3-4-15(26)12-8-13(20)10-21-9-12/h5,7-11,15H,2-4,6H2,1H3,(H,24,28)(H,25,29). The number of fused-ring (bicyclic) bond motifs is 1. The predicted octanol–water partition coefficient (Wildman–Crippen LogP) is 1.78. The van der Waals surface area contributed by atoms with Gasteiger partial charge in [0.1, 0.15) is 17.2 Å². The number of nitrogens with one attached hydrogen (secondary N) is 2. The fraction of sp³-hybridized carbons (Fsp3) is 0.316. The molecule has 1 fully saturated rings. The first-order valence-corrected chi connectivity index (χ1v) is 9.37. The van der Waals surface area contributed by atoms with E-state index in [-0.39, 0.29) is 29.8 Å². The van der Waals surface area contributed by atoms with Crippen molar-refractivity contribution in [1.82, 2.24) is 30.4 Å². The van der Waals surface area contributed by atoms with Crippen LogP contribution in [0.3, 0.4) is 0 Å². The van der Waals surface area contributed by atoms with Crippen LogP contribution in [0.15, 0.2) is 36.9 Å². The van der Waals surface area contributed by atoms with Crippen molar-refractivity contribution in [3.05, 3.63) is 53.9 Å². The molecular weight excluding hydrogens is 377 g/mol. The Kier molecular flexibility index (Phi) is 5.07. The van der Waals surface area contributed by atoms with Crippen molar-refractivity contribution in [3.63, 3.8) is 0 Å². The second kappa shape index (κ2) is 7.82. The first kappa shape index (κ1) is 18.8. The molecule has 1 aliphatic heterocycles. The Morgan fingerprint density at radius 3 is 2.93 bits per heavy atom. The number of aromatic nitrogens is 4. The maximum Gasteiger partial charge on any atom is 0.275 e. The van der Waals surface area contributed by atoms with Gasteiger partial charge in [-0.25, -0.2) is 13.9 Å². The number of carbonyl (C=O) groups is 2. The van der Waals surface area contributed by atoms with Crippen molar-refractivity contribution in [2.75, 3.05) is 11.4 Å². The lowest BCUT2D eigenvalue weighted by atomic mass is 10.1. The molecule has 29 heavy (non-hydrogen) atoms. The fourth-order valence-corrected chi connectivity index (χ4v) is 3.46. The molecule has 4 rings (SSSR count). The monoisotopic (exact) mass is 397 g/mol. The molecule has 0 saturated carbocycles. The van der Waals surface area contributed by atoms with Gasteiger partial charge in [0.25, 0.3) is 5.91 Å². The number of hydrazine groups is 1. The highest BCUT2D eigenvalue weighted by molar-refractivity contribution is 6.00. The number of amides is 2. The van der Waals surface area contributed by atoms with E-state index in [0.29, 0.717) is 11.5 Å². The third-order valence-corrected chi connectivity index (χ3v) is 4.89. The summed E-state index contributed by atoms with van der Waals surface area (Å²) in [6.45, 7) is 2.44. The Labute approximate surface area is 165 Å². The minimum absolute atomic E-state index is 0.0443. The van der Waals surface area contributed by atoms with Crippen LogP contribution in [-0.4, -0.2) is 37.9 Å². The Morgan fingerprint density at radius 1 is 1.28 bits per heavy atom. The van der Waals surface area contributed by atoms with Crippen LogP contribution in [0.1, 0.15) is 48.1 Å². The molecule has 0 bridgehead atoms. The number of carbonyl (C=O) groups excluding carboxylic acids is 2. The number of anilines is 1. The van der Waals surface area contributed by atoms with Crippen LogP contribution in [0.5, 0.6) is 0 Å². The van der Waals surface area contributed by atoms with Crippen LogP contribution in [0, 0.1) is 5.82 Å². The van der Waals surface area contributed by atoms with Crippen LogP contribution in [0.2, 0.25) is 0 Å². The van der Waals surface area contributed by atoms with Gasteiger partial charge < -0.3 is 4.90 Å². The van der Waals surface area contributed by atoms with Gasteiger partial charge in [-0.2, -0.15) is 5.10 Å². The van der Waals surface area contributed by atoms with E-state index in [9.17, 15) is 14.0 Å². The summed E-state index contributed by atoms with van der Waals surface area (Å²) in [6.07, 6.45) is 8.01. The van der Waals surface area contributed by atoms with Crippen molar-refractivity contribution in [2.24, 2.45) is 0 Å². The summed E-state index contributed by atoms with van der Waals surface area (Å²) in [6, 6.07) is 3.26. The fourth-order valence-electron chi connectivity index (χ4n) is 3.46. The SMILES string of the molecule is CCC(=O)NNC(=O)c1cnn2ccc(N3CCCC3c3cncc(F)c3)nc12. The lowest BCUT2D eigenvalue weighted by Crippen LogP contribution is -2.41. The topological polar surface area (TPSA) is 105 Å². The summed E-state index contributed by atoms with van der Waals surface area (Å²) in [4.78, 5) is 34.4. The number of rotatable bonds is 4. The zero-order chi connectivity index (χ0) is 20.4. The molecule has 0 radical (unpaired) electrons. The van der Waals surface area contributed by atoms with Gasteiger partial charge >= 0.3 is 0 Å². The molecule has 4 heterocycles. The summed E-state index contributed by atoms with van der Waals surface area (Å²) in [5.74, 6) is -0.510. The van der Waals surface area contributed by atoms with Crippen LogP contribution in [0.25, 0.3) is 5.65 Å². The van der Waals surface area contributed by atoms with Crippen molar-refractivity contribution in [2.45, 2.75) is 32.2 Å². The maximum absolute atomic E-state index is 13.6. The van der Waals surface area contributed by atoms with Crippen molar-refractivity contribution in [1.29, 1.82) is 0 Å². The molecule has 3 aromatic rings. The van der Waals surface area contributed by atoms with Crippen LogP contribution in [0.4, 0.5) is 10.2 Å². The van der Waals surface area contributed by atoms with Gasteiger partial charge in [0.15, 0.2) is 5.65 Å². The second-order valence-electron chi connectivity index (χ2n) is 6.76. The van der Waals surface area contributed by atoms with E-state index < -0.39 is 5.91 Å². The largest absolute Gasteiger partial charge is 0.349 e. The van der Waals surface area contributed by atoms with Gasteiger partial charge in [-0.05, 0) is 30.5 Å². The van der Waals surface area contributed by atoms with Crippen molar-refractivity contribution < 1.29 is 14.0 Å². The molecule has 0 aromatic carbocycles. The van der Waals surface area contributed by atoms with Crippen LogP contribution >= 0.6 is 0 Å². The van der Waals surface area contributed by atoms with Crippen LogP contribution in [-0.2, 0) is 4.79 Å².